The van der Waals surface area contributed by atoms with Crippen LogP contribution >= 0.6 is 15.9 Å². The first-order chi connectivity index (χ1) is 9.36. The maximum absolute atomic E-state index is 4.16. The molecule has 1 heterocycles. The first-order valence-electron chi connectivity index (χ1n) is 6.95. The van der Waals surface area contributed by atoms with Crippen LogP contribution in [-0.2, 0) is 11.8 Å². The van der Waals surface area contributed by atoms with Gasteiger partial charge in [-0.05, 0) is 12.0 Å². The van der Waals surface area contributed by atoms with Gasteiger partial charge in [-0.15, -0.1) is 0 Å². The van der Waals surface area contributed by atoms with Crippen LogP contribution in [0.15, 0.2) is 42.7 Å². The molecule has 0 fully saturated rings. The molecular formula is C16H23BrN2. The number of aryl methyl sites for hydroxylation is 1. The van der Waals surface area contributed by atoms with E-state index >= 15 is 0 Å². The third-order valence-corrected chi connectivity index (χ3v) is 3.47. The summed E-state index contributed by atoms with van der Waals surface area (Å²) in [6.45, 7) is 2.23. The van der Waals surface area contributed by atoms with Gasteiger partial charge in [-0.2, -0.15) is 0 Å². The summed E-state index contributed by atoms with van der Waals surface area (Å²) >= 11 is 3.36. The number of hydrogen-bond acceptors (Lipinski definition) is 1. The molecule has 104 valence electrons. The fourth-order valence-corrected chi connectivity index (χ4v) is 2.09. The minimum absolute atomic E-state index is 0.952. The van der Waals surface area contributed by atoms with Crippen molar-refractivity contribution < 1.29 is 0 Å². The summed E-state index contributed by atoms with van der Waals surface area (Å²) in [6.07, 6.45) is 10.1. The zero-order valence-corrected chi connectivity index (χ0v) is 13.2. The lowest BCUT2D eigenvalue weighted by molar-refractivity contribution is 0.655. The van der Waals surface area contributed by atoms with Crippen molar-refractivity contribution in [2.75, 3.05) is 0 Å². The van der Waals surface area contributed by atoms with Crippen LogP contribution in [0.5, 0.6) is 0 Å². The van der Waals surface area contributed by atoms with Crippen LogP contribution in [0.2, 0.25) is 0 Å². The Labute approximate surface area is 124 Å². The van der Waals surface area contributed by atoms with Gasteiger partial charge in [0.25, 0.3) is 0 Å². The SMILES string of the molecule is BrCc1ccccc1.CCCCCCc1ncc[nH]1. The third-order valence-electron chi connectivity index (χ3n) is 2.82. The van der Waals surface area contributed by atoms with E-state index in [0.29, 0.717) is 0 Å². The van der Waals surface area contributed by atoms with Crippen molar-refractivity contribution in [3.63, 3.8) is 0 Å². The normalized spacial score (nSPS) is 9.79. The molecule has 0 aliphatic rings. The highest BCUT2D eigenvalue weighted by Crippen LogP contribution is 2.03. The van der Waals surface area contributed by atoms with Gasteiger partial charge in [0.1, 0.15) is 5.82 Å². The molecule has 1 aromatic heterocycles. The number of rotatable bonds is 6. The van der Waals surface area contributed by atoms with Gasteiger partial charge in [0, 0.05) is 24.1 Å². The van der Waals surface area contributed by atoms with Crippen molar-refractivity contribution in [3.05, 3.63) is 54.1 Å². The summed E-state index contributed by atoms with van der Waals surface area (Å²) in [7, 11) is 0. The zero-order valence-electron chi connectivity index (χ0n) is 11.6. The number of benzene rings is 1. The Hall–Kier alpha value is -1.09. The smallest absolute Gasteiger partial charge is 0.105 e. The van der Waals surface area contributed by atoms with E-state index in [1.165, 1.54) is 31.2 Å². The van der Waals surface area contributed by atoms with Crippen LogP contribution < -0.4 is 0 Å². The lowest BCUT2D eigenvalue weighted by Crippen LogP contribution is -1.87. The Morgan fingerprint density at radius 3 is 2.42 bits per heavy atom. The molecule has 0 amide bonds. The standard InChI is InChI=1S/C9H16N2.C7H7Br/c1-2-3-4-5-6-9-10-7-8-11-9;8-6-7-4-2-1-3-5-7/h7-8H,2-6H2,1H3,(H,10,11);1-5H,6H2. The minimum Gasteiger partial charge on any atom is -0.349 e. The predicted octanol–water partition coefficient (Wildman–Crippen LogP) is 5.11. The highest BCUT2D eigenvalue weighted by Gasteiger charge is 1.93. The highest BCUT2D eigenvalue weighted by atomic mass is 79.9. The monoisotopic (exact) mass is 322 g/mol. The van der Waals surface area contributed by atoms with E-state index in [1.54, 1.807) is 0 Å². The van der Waals surface area contributed by atoms with Gasteiger partial charge in [0.15, 0.2) is 0 Å². The summed E-state index contributed by atoms with van der Waals surface area (Å²) in [6, 6.07) is 10.3. The van der Waals surface area contributed by atoms with Crippen molar-refractivity contribution in [2.45, 2.75) is 44.4 Å². The minimum atomic E-state index is 0.952. The van der Waals surface area contributed by atoms with E-state index in [9.17, 15) is 0 Å². The second kappa shape index (κ2) is 10.8. The van der Waals surface area contributed by atoms with Gasteiger partial charge in [-0.25, -0.2) is 4.98 Å². The molecule has 2 nitrogen and oxygen atoms in total. The second-order valence-electron chi connectivity index (χ2n) is 4.47. The van der Waals surface area contributed by atoms with Crippen LogP contribution in [0.1, 0.15) is 44.0 Å². The molecule has 0 bridgehead atoms. The molecule has 0 unspecified atom stereocenters. The molecule has 1 N–H and O–H groups in total. The Kier molecular flexibility index (Phi) is 9.07. The summed E-state index contributed by atoms with van der Waals surface area (Å²) < 4.78 is 0. The zero-order chi connectivity index (χ0) is 13.8. The first-order valence-corrected chi connectivity index (χ1v) is 8.07. The van der Waals surface area contributed by atoms with Crippen LogP contribution in [0.3, 0.4) is 0 Å². The maximum atomic E-state index is 4.16. The molecule has 2 rings (SSSR count). The molecule has 19 heavy (non-hydrogen) atoms. The number of aromatic nitrogens is 2. The topological polar surface area (TPSA) is 28.7 Å². The van der Waals surface area contributed by atoms with Gasteiger partial charge in [0.2, 0.25) is 0 Å². The summed E-state index contributed by atoms with van der Waals surface area (Å²) in [5.41, 5.74) is 1.33. The summed E-state index contributed by atoms with van der Waals surface area (Å²) in [5.74, 6) is 1.13. The predicted molar refractivity (Wildman–Crippen MR) is 85.5 cm³/mol. The van der Waals surface area contributed by atoms with E-state index in [1.807, 2.05) is 30.6 Å². The van der Waals surface area contributed by atoms with Gasteiger partial charge in [0.05, 0.1) is 0 Å². The van der Waals surface area contributed by atoms with Crippen molar-refractivity contribution in [2.24, 2.45) is 0 Å². The van der Waals surface area contributed by atoms with Crippen molar-refractivity contribution >= 4 is 15.9 Å². The quantitative estimate of drug-likeness (QED) is 0.580. The van der Waals surface area contributed by atoms with Crippen molar-refractivity contribution in [3.8, 4) is 0 Å². The number of imidazole rings is 1. The second-order valence-corrected chi connectivity index (χ2v) is 5.03. The third kappa shape index (κ3) is 7.83. The lowest BCUT2D eigenvalue weighted by Gasteiger charge is -1.95. The molecule has 3 heteroatoms. The Morgan fingerprint density at radius 2 is 1.89 bits per heavy atom. The molecule has 0 spiro atoms. The van der Waals surface area contributed by atoms with Crippen LogP contribution in [-0.4, -0.2) is 9.97 Å². The van der Waals surface area contributed by atoms with E-state index < -0.39 is 0 Å². The molecule has 0 atom stereocenters. The van der Waals surface area contributed by atoms with Crippen LogP contribution in [0.4, 0.5) is 0 Å². The number of nitrogens with one attached hydrogen (secondary N) is 1. The Balaban J connectivity index is 0.000000200. The first kappa shape index (κ1) is 16.0. The number of alkyl halides is 1. The van der Waals surface area contributed by atoms with E-state index in [0.717, 1.165) is 17.6 Å². The number of H-pyrrole nitrogens is 1. The number of hydrogen-bond donors (Lipinski definition) is 1. The molecule has 0 radical (unpaired) electrons. The molecule has 0 saturated carbocycles. The van der Waals surface area contributed by atoms with E-state index in [-0.39, 0.29) is 0 Å². The van der Waals surface area contributed by atoms with Gasteiger partial charge < -0.3 is 4.98 Å². The van der Waals surface area contributed by atoms with Crippen molar-refractivity contribution in [1.29, 1.82) is 0 Å². The summed E-state index contributed by atoms with van der Waals surface area (Å²) in [5, 5.41) is 0.952. The maximum Gasteiger partial charge on any atom is 0.105 e. The van der Waals surface area contributed by atoms with Crippen molar-refractivity contribution in [1.82, 2.24) is 9.97 Å². The average molecular weight is 323 g/mol. The molecule has 2 aromatic rings. The molecule has 1 aromatic carbocycles. The number of unbranched alkanes of at least 4 members (excludes halogenated alkanes) is 3. The fourth-order valence-electron chi connectivity index (χ4n) is 1.72. The van der Waals surface area contributed by atoms with Gasteiger partial charge in [-0.1, -0.05) is 72.4 Å². The molecule has 0 saturated heterocycles. The average Bonchev–Trinajstić information content (AvgIpc) is 2.98. The number of nitrogens with zero attached hydrogens (tertiary/aromatic N) is 1. The molecule has 0 aliphatic heterocycles. The number of halogens is 1. The van der Waals surface area contributed by atoms with Crippen LogP contribution in [0, 0.1) is 0 Å². The largest absolute Gasteiger partial charge is 0.349 e. The Bertz CT molecular complexity index is 398. The molecular weight excluding hydrogens is 300 g/mol. The highest BCUT2D eigenvalue weighted by molar-refractivity contribution is 9.08. The Morgan fingerprint density at radius 1 is 1.11 bits per heavy atom. The number of aromatic amines is 1. The fraction of sp³-hybridized carbons (Fsp3) is 0.438. The van der Waals surface area contributed by atoms with Gasteiger partial charge in [-0.3, -0.25) is 0 Å². The van der Waals surface area contributed by atoms with E-state index in [4.69, 9.17) is 0 Å². The lowest BCUT2D eigenvalue weighted by atomic mass is 10.1. The molecule has 0 aliphatic carbocycles. The van der Waals surface area contributed by atoms with E-state index in [2.05, 4.69) is 45.0 Å². The summed E-state index contributed by atoms with van der Waals surface area (Å²) in [4.78, 5) is 7.26. The van der Waals surface area contributed by atoms with Crippen LogP contribution in [0.25, 0.3) is 0 Å². The van der Waals surface area contributed by atoms with Gasteiger partial charge >= 0.3 is 0 Å².